The minimum Gasteiger partial charge on any atom is -0.336 e. The Hall–Kier alpha value is -2.67. The highest BCUT2D eigenvalue weighted by molar-refractivity contribution is 5.93. The van der Waals surface area contributed by atoms with Gasteiger partial charge in [-0.25, -0.2) is 23.1 Å². The van der Waals surface area contributed by atoms with E-state index in [9.17, 15) is 13.2 Å². The summed E-state index contributed by atoms with van der Waals surface area (Å²) in [6, 6.07) is 7.83. The Balaban J connectivity index is 1.71. The molecular weight excluding hydrogens is 353 g/mol. The molecule has 0 spiro atoms. The van der Waals surface area contributed by atoms with Gasteiger partial charge in [-0.3, -0.25) is 0 Å². The zero-order chi connectivity index (χ0) is 18.5. The first-order chi connectivity index (χ1) is 13.1. The third-order valence-electron chi connectivity index (χ3n) is 5.54. The van der Waals surface area contributed by atoms with E-state index in [4.69, 9.17) is 0 Å². The number of aromatic nitrogens is 2. The molecule has 2 aromatic carbocycles. The van der Waals surface area contributed by atoms with Crippen LogP contribution in [-0.2, 0) is 0 Å². The van der Waals surface area contributed by atoms with Crippen molar-refractivity contribution in [1.82, 2.24) is 15.3 Å². The molecule has 0 amide bonds. The number of benzene rings is 2. The molecule has 2 aliphatic rings. The zero-order valence-electron chi connectivity index (χ0n) is 14.4. The van der Waals surface area contributed by atoms with Gasteiger partial charge in [-0.2, -0.15) is 0 Å². The summed E-state index contributed by atoms with van der Waals surface area (Å²) in [4.78, 5) is 11.3. The van der Waals surface area contributed by atoms with E-state index < -0.39 is 17.5 Å². The van der Waals surface area contributed by atoms with E-state index in [2.05, 4.69) is 20.2 Å². The third-order valence-corrected chi connectivity index (χ3v) is 5.54. The van der Waals surface area contributed by atoms with E-state index in [1.807, 2.05) is 0 Å². The second-order valence-electron chi connectivity index (χ2n) is 7.13. The summed E-state index contributed by atoms with van der Waals surface area (Å²) < 4.78 is 41.7. The minimum absolute atomic E-state index is 0.178. The third kappa shape index (κ3) is 2.73. The predicted octanol–water partition coefficient (Wildman–Crippen LogP) is 3.51. The van der Waals surface area contributed by atoms with Gasteiger partial charge in [0.15, 0.2) is 0 Å². The first-order valence-corrected chi connectivity index (χ1v) is 9.00. The van der Waals surface area contributed by atoms with E-state index in [0.717, 1.165) is 32.1 Å². The molecule has 138 valence electrons. The number of fused-ring (bicyclic) bond motifs is 2. The molecule has 5 rings (SSSR count). The normalized spacial score (nSPS) is 21.8. The number of nitrogens with zero attached hydrogens (tertiary/aromatic N) is 3. The smallest absolute Gasteiger partial charge is 0.226 e. The van der Waals surface area contributed by atoms with Crippen molar-refractivity contribution < 1.29 is 13.2 Å². The highest BCUT2D eigenvalue weighted by Gasteiger charge is 2.39. The average molecular weight is 370 g/mol. The van der Waals surface area contributed by atoms with Crippen LogP contribution < -0.4 is 10.2 Å². The van der Waals surface area contributed by atoms with Gasteiger partial charge in [0.1, 0.15) is 17.5 Å². The van der Waals surface area contributed by atoms with E-state index >= 15 is 0 Å². The van der Waals surface area contributed by atoms with E-state index in [0.29, 0.717) is 28.5 Å². The molecule has 3 aromatic rings. The first-order valence-electron chi connectivity index (χ1n) is 9.00. The zero-order valence-corrected chi connectivity index (χ0v) is 14.4. The Morgan fingerprint density at radius 1 is 0.963 bits per heavy atom. The van der Waals surface area contributed by atoms with Gasteiger partial charge in [-0.1, -0.05) is 0 Å². The van der Waals surface area contributed by atoms with Crippen LogP contribution in [0.25, 0.3) is 22.2 Å². The van der Waals surface area contributed by atoms with Gasteiger partial charge in [0.2, 0.25) is 5.95 Å². The molecule has 27 heavy (non-hydrogen) atoms. The van der Waals surface area contributed by atoms with E-state index in [-0.39, 0.29) is 11.6 Å². The number of halogens is 3. The van der Waals surface area contributed by atoms with Crippen molar-refractivity contribution >= 4 is 16.9 Å². The molecule has 1 N–H and O–H groups in total. The molecule has 1 aromatic heterocycles. The molecule has 0 unspecified atom stereocenters. The van der Waals surface area contributed by atoms with Gasteiger partial charge in [-0.15, -0.1) is 0 Å². The Labute approximate surface area is 154 Å². The van der Waals surface area contributed by atoms with Crippen molar-refractivity contribution in [3.8, 4) is 11.3 Å². The van der Waals surface area contributed by atoms with Gasteiger partial charge in [-0.05, 0) is 36.6 Å². The standard InChI is InChI=1S/C20H17F3N4/c21-12-1-3-14(16(23)7-12)19-15-4-2-13(22)8-17(15)25-20(26-19)27-6-5-11-9-24-10-18(11)27/h1-4,7-8,11,18,24H,5-6,9-10H2/t11-,18+/m1/s1. The number of hydrogen-bond acceptors (Lipinski definition) is 4. The molecule has 2 atom stereocenters. The van der Waals surface area contributed by atoms with Crippen LogP contribution in [0.5, 0.6) is 0 Å². The molecular formula is C20H17F3N4. The number of rotatable bonds is 2. The fourth-order valence-corrected chi connectivity index (χ4v) is 4.20. The van der Waals surface area contributed by atoms with Gasteiger partial charge in [0.25, 0.3) is 0 Å². The summed E-state index contributed by atoms with van der Waals surface area (Å²) in [7, 11) is 0. The monoisotopic (exact) mass is 370 g/mol. The quantitative estimate of drug-likeness (QED) is 0.750. The maximum Gasteiger partial charge on any atom is 0.226 e. The summed E-state index contributed by atoms with van der Waals surface area (Å²) in [5.41, 5.74) is 0.937. The van der Waals surface area contributed by atoms with Gasteiger partial charge in [0.05, 0.1) is 11.2 Å². The van der Waals surface area contributed by atoms with E-state index in [1.165, 1.54) is 30.3 Å². The molecule has 3 heterocycles. The van der Waals surface area contributed by atoms with Crippen LogP contribution in [0.15, 0.2) is 36.4 Å². The van der Waals surface area contributed by atoms with Crippen LogP contribution in [-0.4, -0.2) is 35.6 Å². The molecule has 0 aliphatic carbocycles. The van der Waals surface area contributed by atoms with E-state index in [1.54, 1.807) is 0 Å². The van der Waals surface area contributed by atoms with Crippen LogP contribution in [0.4, 0.5) is 19.1 Å². The lowest BCUT2D eigenvalue weighted by atomic mass is 10.0. The van der Waals surface area contributed by atoms with Crippen molar-refractivity contribution in [2.75, 3.05) is 24.5 Å². The number of anilines is 1. The van der Waals surface area contributed by atoms with Crippen molar-refractivity contribution in [3.63, 3.8) is 0 Å². The molecule has 0 bridgehead atoms. The van der Waals surface area contributed by atoms with Crippen LogP contribution in [0.2, 0.25) is 0 Å². The summed E-state index contributed by atoms with van der Waals surface area (Å²) in [5, 5.41) is 3.91. The molecule has 2 fully saturated rings. The second kappa shape index (κ2) is 6.20. The summed E-state index contributed by atoms with van der Waals surface area (Å²) in [6.07, 6.45) is 1.03. The largest absolute Gasteiger partial charge is 0.336 e. The SMILES string of the molecule is Fc1ccc(-c2nc(N3CC[C@@H]4CNC[C@@H]43)nc3cc(F)ccc23)c(F)c1. The Morgan fingerprint density at radius 3 is 2.63 bits per heavy atom. The van der Waals surface area contributed by atoms with Gasteiger partial charge < -0.3 is 10.2 Å². The van der Waals surface area contributed by atoms with Crippen molar-refractivity contribution in [2.24, 2.45) is 5.92 Å². The molecule has 0 saturated carbocycles. The molecule has 7 heteroatoms. The maximum atomic E-state index is 14.5. The van der Waals surface area contributed by atoms with Crippen LogP contribution in [0, 0.1) is 23.4 Å². The topological polar surface area (TPSA) is 41.1 Å². The van der Waals surface area contributed by atoms with Gasteiger partial charge >= 0.3 is 0 Å². The Morgan fingerprint density at radius 2 is 1.78 bits per heavy atom. The van der Waals surface area contributed by atoms with Crippen molar-refractivity contribution in [2.45, 2.75) is 12.5 Å². The number of nitrogens with one attached hydrogen (secondary N) is 1. The predicted molar refractivity (Wildman–Crippen MR) is 97.0 cm³/mol. The lowest BCUT2D eigenvalue weighted by Crippen LogP contribution is -2.35. The lowest BCUT2D eigenvalue weighted by molar-refractivity contribution is 0.576. The molecule has 0 radical (unpaired) electrons. The summed E-state index contributed by atoms with van der Waals surface area (Å²) in [6.45, 7) is 2.61. The van der Waals surface area contributed by atoms with Crippen LogP contribution in [0.3, 0.4) is 0 Å². The first kappa shape index (κ1) is 16.5. The highest BCUT2D eigenvalue weighted by Crippen LogP contribution is 2.35. The Kier molecular flexibility index (Phi) is 3.79. The molecule has 2 saturated heterocycles. The van der Waals surface area contributed by atoms with Crippen molar-refractivity contribution in [3.05, 3.63) is 53.8 Å². The fourth-order valence-electron chi connectivity index (χ4n) is 4.20. The van der Waals surface area contributed by atoms with Gasteiger partial charge in [0, 0.05) is 48.8 Å². The van der Waals surface area contributed by atoms with Crippen LogP contribution >= 0.6 is 0 Å². The molecule has 4 nitrogen and oxygen atoms in total. The molecule has 2 aliphatic heterocycles. The second-order valence-corrected chi connectivity index (χ2v) is 7.13. The van der Waals surface area contributed by atoms with Crippen LogP contribution in [0.1, 0.15) is 6.42 Å². The maximum absolute atomic E-state index is 14.5. The minimum atomic E-state index is -0.702. The Bertz CT molecular complexity index is 1040. The fraction of sp³-hybridized carbons (Fsp3) is 0.300. The highest BCUT2D eigenvalue weighted by atomic mass is 19.1. The number of hydrogen-bond donors (Lipinski definition) is 1. The summed E-state index contributed by atoms with van der Waals surface area (Å²) >= 11 is 0. The van der Waals surface area contributed by atoms with Crippen molar-refractivity contribution in [1.29, 1.82) is 0 Å². The average Bonchev–Trinajstić information content (AvgIpc) is 3.24. The summed E-state index contributed by atoms with van der Waals surface area (Å²) in [5.74, 6) is -0.780. The lowest BCUT2D eigenvalue weighted by Gasteiger charge is -2.24.